The third kappa shape index (κ3) is 3.44. The summed E-state index contributed by atoms with van der Waals surface area (Å²) in [5.41, 5.74) is -0.132. The van der Waals surface area contributed by atoms with Crippen molar-refractivity contribution in [1.82, 2.24) is 14.8 Å². The molecular formula is C27H35F2N3O2. The molecule has 6 rings (SSSR count). The van der Waals surface area contributed by atoms with Crippen molar-refractivity contribution in [3.8, 4) is 0 Å². The molecule has 7 heteroatoms. The summed E-state index contributed by atoms with van der Waals surface area (Å²) in [5, 5.41) is 15.0. The van der Waals surface area contributed by atoms with Crippen LogP contribution in [0.3, 0.4) is 0 Å². The Kier molecular flexibility index (Phi) is 5.36. The van der Waals surface area contributed by atoms with Gasteiger partial charge >= 0.3 is 0 Å². The molecule has 2 aromatic rings. The summed E-state index contributed by atoms with van der Waals surface area (Å²) in [7, 11) is 0. The van der Waals surface area contributed by atoms with Gasteiger partial charge < -0.3 is 5.11 Å². The third-order valence-corrected chi connectivity index (χ3v) is 10.5. The highest BCUT2D eigenvalue weighted by atomic mass is 19.3. The molecule has 1 unspecified atom stereocenters. The lowest BCUT2D eigenvalue weighted by atomic mass is 9.49. The van der Waals surface area contributed by atoms with E-state index >= 15 is 0 Å². The van der Waals surface area contributed by atoms with Crippen LogP contribution in [0.4, 0.5) is 8.78 Å². The maximum atomic E-state index is 13.5. The Morgan fingerprint density at radius 1 is 1.12 bits per heavy atom. The zero-order chi connectivity index (χ0) is 23.7. The van der Waals surface area contributed by atoms with Gasteiger partial charge in [-0.2, -0.15) is 5.10 Å². The average molecular weight is 472 g/mol. The number of hydrogen-bond acceptors (Lipinski definition) is 4. The Labute approximate surface area is 199 Å². The second-order valence-corrected chi connectivity index (χ2v) is 12.0. The highest BCUT2D eigenvalue weighted by molar-refractivity contribution is 5.82. The number of fused-ring (bicyclic) bond motifs is 6. The molecule has 8 atom stereocenters. The molecule has 4 aliphatic rings. The van der Waals surface area contributed by atoms with E-state index in [1.807, 2.05) is 18.3 Å². The predicted octanol–water partition coefficient (Wildman–Crippen LogP) is 5.27. The van der Waals surface area contributed by atoms with Gasteiger partial charge in [-0.3, -0.25) is 14.5 Å². The van der Waals surface area contributed by atoms with Crippen LogP contribution in [0, 0.1) is 40.9 Å². The van der Waals surface area contributed by atoms with Gasteiger partial charge in [-0.1, -0.05) is 6.92 Å². The van der Waals surface area contributed by atoms with Crippen LogP contribution in [0.2, 0.25) is 0 Å². The molecule has 4 aliphatic carbocycles. The molecule has 4 fully saturated rings. The molecule has 0 saturated heterocycles. The normalized spacial score (nSPS) is 41.8. The maximum absolute atomic E-state index is 13.5. The Balaban J connectivity index is 1.17. The van der Waals surface area contributed by atoms with E-state index in [2.05, 4.69) is 17.0 Å². The average Bonchev–Trinajstić information content (AvgIpc) is 3.38. The van der Waals surface area contributed by atoms with Crippen molar-refractivity contribution in [1.29, 1.82) is 0 Å². The van der Waals surface area contributed by atoms with Crippen molar-refractivity contribution in [2.75, 3.05) is 0 Å². The Morgan fingerprint density at radius 2 is 1.94 bits per heavy atom. The molecule has 0 amide bonds. The standard InChI is InChI=1S/C27H35F2N3O2/c1-26-10-8-18-17-9-11-27(34,25(28)29)13-16(17)4-5-19(18)20(26)6-7-21(26)24(33)15-32-14-23-22(31-32)3-2-12-30-23/h2-3,12,14,16-21,25,34H,4-11,13,15H2,1H3/t16-,17?,18-,19-,20+,21-,26+,27-/m1/s1. The highest BCUT2D eigenvalue weighted by Gasteiger charge is 2.59. The van der Waals surface area contributed by atoms with Crippen LogP contribution >= 0.6 is 0 Å². The van der Waals surface area contributed by atoms with E-state index in [4.69, 9.17) is 0 Å². The number of halogens is 2. The summed E-state index contributed by atoms with van der Waals surface area (Å²) in [6.07, 6.45) is 8.34. The molecule has 0 aromatic carbocycles. The second-order valence-electron chi connectivity index (χ2n) is 12.0. The Bertz CT molecular complexity index is 1060. The topological polar surface area (TPSA) is 68.0 Å². The fourth-order valence-electron chi connectivity index (χ4n) is 8.89. The van der Waals surface area contributed by atoms with Crippen molar-refractivity contribution in [3.05, 3.63) is 24.5 Å². The smallest absolute Gasteiger partial charge is 0.266 e. The van der Waals surface area contributed by atoms with Gasteiger partial charge in [-0.15, -0.1) is 0 Å². The van der Waals surface area contributed by atoms with Gasteiger partial charge in [0.2, 0.25) is 0 Å². The molecule has 2 aromatic heterocycles. The molecule has 34 heavy (non-hydrogen) atoms. The van der Waals surface area contributed by atoms with Gasteiger partial charge in [-0.25, -0.2) is 8.78 Å². The van der Waals surface area contributed by atoms with E-state index in [1.54, 1.807) is 10.9 Å². The van der Waals surface area contributed by atoms with Crippen LogP contribution in [-0.4, -0.2) is 37.7 Å². The van der Waals surface area contributed by atoms with E-state index in [9.17, 15) is 18.7 Å². The lowest BCUT2D eigenvalue weighted by molar-refractivity contribution is -0.160. The first-order chi connectivity index (χ1) is 16.3. The minimum absolute atomic E-state index is 0.0221. The van der Waals surface area contributed by atoms with Crippen molar-refractivity contribution in [3.63, 3.8) is 0 Å². The van der Waals surface area contributed by atoms with Crippen LogP contribution in [-0.2, 0) is 11.3 Å². The predicted molar refractivity (Wildman–Crippen MR) is 124 cm³/mol. The molecule has 5 nitrogen and oxygen atoms in total. The Hall–Kier alpha value is -1.89. The lowest BCUT2D eigenvalue weighted by Gasteiger charge is -2.57. The van der Waals surface area contributed by atoms with Crippen molar-refractivity contribution < 1.29 is 18.7 Å². The molecule has 184 valence electrons. The number of hydrogen-bond donors (Lipinski definition) is 1. The van der Waals surface area contributed by atoms with Gasteiger partial charge in [-0.05, 0) is 105 Å². The first kappa shape index (κ1) is 22.6. The van der Waals surface area contributed by atoms with E-state index in [-0.39, 0.29) is 35.9 Å². The van der Waals surface area contributed by atoms with Gasteiger partial charge in [0.25, 0.3) is 6.43 Å². The van der Waals surface area contributed by atoms with Crippen LogP contribution < -0.4 is 0 Å². The summed E-state index contributed by atoms with van der Waals surface area (Å²) >= 11 is 0. The van der Waals surface area contributed by atoms with Gasteiger partial charge in [0, 0.05) is 12.1 Å². The van der Waals surface area contributed by atoms with Gasteiger partial charge in [0.1, 0.15) is 16.6 Å². The number of carbonyl (C=O) groups is 1. The molecule has 0 aliphatic heterocycles. The fraction of sp³-hybridized carbons (Fsp3) is 0.741. The maximum Gasteiger partial charge on any atom is 0.266 e. The largest absolute Gasteiger partial charge is 0.384 e. The number of aromatic nitrogens is 3. The first-order valence-corrected chi connectivity index (χ1v) is 13.1. The van der Waals surface area contributed by atoms with Crippen molar-refractivity contribution >= 4 is 16.8 Å². The van der Waals surface area contributed by atoms with Crippen molar-refractivity contribution in [2.45, 2.75) is 83.3 Å². The zero-order valence-electron chi connectivity index (χ0n) is 19.9. The van der Waals surface area contributed by atoms with Crippen LogP contribution in [0.15, 0.2) is 24.5 Å². The molecule has 4 saturated carbocycles. The lowest BCUT2D eigenvalue weighted by Crippen LogP contribution is -2.53. The number of alkyl halides is 2. The van der Waals surface area contributed by atoms with Crippen LogP contribution in [0.5, 0.6) is 0 Å². The summed E-state index contributed by atoms with van der Waals surface area (Å²) < 4.78 is 28.7. The van der Waals surface area contributed by atoms with E-state index in [1.165, 1.54) is 0 Å². The van der Waals surface area contributed by atoms with Gasteiger partial charge in [0.15, 0.2) is 5.78 Å². The summed E-state index contributed by atoms with van der Waals surface area (Å²) in [6, 6.07) is 3.78. The second kappa shape index (κ2) is 8.07. The number of carbonyl (C=O) groups excluding carboxylic acids is 1. The zero-order valence-corrected chi connectivity index (χ0v) is 19.9. The number of pyridine rings is 1. The summed E-state index contributed by atoms with van der Waals surface area (Å²) in [4.78, 5) is 17.8. The van der Waals surface area contributed by atoms with Gasteiger partial charge in [0.05, 0.1) is 12.7 Å². The van der Waals surface area contributed by atoms with Crippen molar-refractivity contribution in [2.24, 2.45) is 40.9 Å². The van der Waals surface area contributed by atoms with E-state index < -0.39 is 12.0 Å². The third-order valence-electron chi connectivity index (χ3n) is 10.5. The highest BCUT2D eigenvalue weighted by Crippen LogP contribution is 2.65. The molecular weight excluding hydrogens is 436 g/mol. The number of nitrogens with zero attached hydrogens (tertiary/aromatic N) is 3. The Morgan fingerprint density at radius 3 is 2.74 bits per heavy atom. The van der Waals surface area contributed by atoms with E-state index in [0.717, 1.165) is 56.0 Å². The minimum atomic E-state index is -2.65. The quantitative estimate of drug-likeness (QED) is 0.660. The minimum Gasteiger partial charge on any atom is -0.384 e. The summed E-state index contributed by atoms with van der Waals surface area (Å²) in [6.45, 7) is 2.64. The number of ketones is 1. The van der Waals surface area contributed by atoms with E-state index in [0.29, 0.717) is 30.2 Å². The number of Topliss-reactive ketones (excluding diaryl/α,β-unsaturated/α-hetero) is 1. The van der Waals surface area contributed by atoms with Crippen LogP contribution in [0.25, 0.3) is 11.0 Å². The number of rotatable bonds is 4. The SMILES string of the molecule is C[C@]12CC[C@@H]3C4CC[C@](O)(C(F)F)C[C@H]4CC[C@H]3[C@@H]1CC[C@@H]2C(=O)Cn1cc2ncccc2n1. The molecule has 0 bridgehead atoms. The summed E-state index contributed by atoms with van der Waals surface area (Å²) in [5.74, 6) is 2.72. The molecule has 2 heterocycles. The molecule has 0 spiro atoms. The molecule has 0 radical (unpaired) electrons. The number of aliphatic hydroxyl groups is 1. The first-order valence-electron chi connectivity index (χ1n) is 13.1. The monoisotopic (exact) mass is 471 g/mol. The van der Waals surface area contributed by atoms with Crippen LogP contribution in [0.1, 0.15) is 64.7 Å². The molecule has 1 N–H and O–H groups in total. The fourth-order valence-corrected chi connectivity index (χ4v) is 8.89.